The molecule has 30 heavy (non-hydrogen) atoms. The van der Waals surface area contributed by atoms with Crippen LogP contribution in [0.4, 0.5) is 11.4 Å². The topological polar surface area (TPSA) is 116 Å². The number of hydrogen-bond acceptors (Lipinski definition) is 6. The molecule has 0 aromatic heterocycles. The van der Waals surface area contributed by atoms with E-state index in [9.17, 15) is 21.6 Å². The lowest BCUT2D eigenvalue weighted by Gasteiger charge is -2.28. The van der Waals surface area contributed by atoms with Gasteiger partial charge in [0.05, 0.1) is 23.7 Å². The van der Waals surface area contributed by atoms with Gasteiger partial charge >= 0.3 is 26.4 Å². The molecule has 1 aliphatic carbocycles. The summed E-state index contributed by atoms with van der Waals surface area (Å²) in [5.74, 6) is -0.556. The van der Waals surface area contributed by atoms with Crippen molar-refractivity contribution in [2.24, 2.45) is 0 Å². The first kappa shape index (κ1) is 22.5. The molecule has 0 fully saturated rings. The number of hydrogen-bond donors (Lipinski definition) is 1. The number of benzene rings is 1. The maximum Gasteiger partial charge on any atom is 0.322 e. The van der Waals surface area contributed by atoms with Crippen LogP contribution in [0.1, 0.15) is 25.3 Å². The predicted octanol–water partition coefficient (Wildman–Crippen LogP) is 1.01. The Morgan fingerprint density at radius 1 is 1.17 bits per heavy atom. The predicted molar refractivity (Wildman–Crippen MR) is 113 cm³/mol. The second-order valence-electron chi connectivity index (χ2n) is 7.43. The van der Waals surface area contributed by atoms with Crippen LogP contribution in [0.15, 0.2) is 30.0 Å². The quantitative estimate of drug-likeness (QED) is 0.610. The second kappa shape index (κ2) is 7.52. The summed E-state index contributed by atoms with van der Waals surface area (Å²) in [5, 5.41) is 0. The maximum atomic E-state index is 13.1. The number of esters is 1. The van der Waals surface area contributed by atoms with Crippen LogP contribution in [0.5, 0.6) is 0 Å². The first-order valence-corrected chi connectivity index (χ1v) is 12.2. The summed E-state index contributed by atoms with van der Waals surface area (Å²) >= 11 is 0. The van der Waals surface area contributed by atoms with Crippen molar-refractivity contribution in [3.8, 4) is 0 Å². The van der Waals surface area contributed by atoms with Crippen molar-refractivity contribution in [3.63, 3.8) is 0 Å². The highest BCUT2D eigenvalue weighted by Gasteiger charge is 2.58. The lowest BCUT2D eigenvalue weighted by atomic mass is 9.79. The fraction of sp³-hybridized carbons (Fsp3) is 0.500. The van der Waals surface area contributed by atoms with Crippen LogP contribution in [-0.4, -0.2) is 66.2 Å². The van der Waals surface area contributed by atoms with Crippen molar-refractivity contribution in [3.05, 3.63) is 35.5 Å². The molecule has 1 N–H and O–H groups in total. The smallest absolute Gasteiger partial charge is 0.322 e. The Bertz CT molecular complexity index is 1110. The molecule has 12 heteroatoms. The Kier molecular flexibility index (Phi) is 5.65. The van der Waals surface area contributed by atoms with Crippen LogP contribution in [0.3, 0.4) is 0 Å². The van der Waals surface area contributed by atoms with Gasteiger partial charge in [0.15, 0.2) is 0 Å². The Morgan fingerprint density at radius 3 is 2.40 bits per heavy atom. The van der Waals surface area contributed by atoms with E-state index in [4.69, 9.17) is 4.74 Å². The summed E-state index contributed by atoms with van der Waals surface area (Å²) in [4.78, 5) is 13.1. The molecule has 1 aromatic rings. The maximum absolute atomic E-state index is 13.1. The largest absolute Gasteiger partial charge is 0.465 e. The monoisotopic (exact) mass is 458 g/mol. The van der Waals surface area contributed by atoms with E-state index in [-0.39, 0.29) is 12.3 Å². The first-order chi connectivity index (χ1) is 13.9. The second-order valence-corrected chi connectivity index (χ2v) is 11.3. The Morgan fingerprint density at radius 2 is 1.83 bits per heavy atom. The number of nitrogens with zero attached hydrogens (tertiary/aromatic N) is 3. The number of nitrogens with one attached hydrogen (secondary N) is 1. The Balaban J connectivity index is 2.24. The average molecular weight is 459 g/mol. The molecule has 0 amide bonds. The number of carbonyl (C=O) groups is 1. The van der Waals surface area contributed by atoms with Crippen LogP contribution in [0.25, 0.3) is 0 Å². The van der Waals surface area contributed by atoms with Gasteiger partial charge in [-0.3, -0.25) is 9.52 Å². The number of rotatable bonds is 7. The fourth-order valence-corrected chi connectivity index (χ4v) is 5.55. The van der Waals surface area contributed by atoms with Gasteiger partial charge in [-0.15, -0.1) is 0 Å². The van der Waals surface area contributed by atoms with Crippen LogP contribution >= 0.6 is 0 Å². The Hall–Kier alpha value is -2.15. The van der Waals surface area contributed by atoms with Gasteiger partial charge in [0.25, 0.3) is 0 Å². The molecule has 166 valence electrons. The first-order valence-electron chi connectivity index (χ1n) is 9.35. The summed E-state index contributed by atoms with van der Waals surface area (Å²) in [7, 11) is -2.13. The van der Waals surface area contributed by atoms with Crippen LogP contribution in [0, 0.1) is 0 Å². The van der Waals surface area contributed by atoms with Gasteiger partial charge in [0.2, 0.25) is 0 Å². The minimum absolute atomic E-state index is 0.135. The zero-order valence-electron chi connectivity index (χ0n) is 17.5. The van der Waals surface area contributed by atoms with Gasteiger partial charge in [-0.1, -0.05) is 6.08 Å². The molecule has 1 unspecified atom stereocenters. The summed E-state index contributed by atoms with van der Waals surface area (Å²) in [5.41, 5.74) is -0.0723. The molecule has 10 nitrogen and oxygen atoms in total. The van der Waals surface area contributed by atoms with Gasteiger partial charge in [-0.05, 0) is 38.0 Å². The zero-order chi connectivity index (χ0) is 22.5. The SMILES string of the molecule is CCOC(=O)C12CCC=C1N(S(=O)(=O)N(C)C)c1ccc(NS(=O)(=O)N(C)C)cc12. The highest BCUT2D eigenvalue weighted by atomic mass is 32.2. The molecule has 0 bridgehead atoms. The van der Waals surface area contributed by atoms with Crippen molar-refractivity contribution in [1.82, 2.24) is 8.61 Å². The molecular weight excluding hydrogens is 432 g/mol. The van der Waals surface area contributed by atoms with Crippen molar-refractivity contribution >= 4 is 37.8 Å². The molecule has 1 aliphatic heterocycles. The van der Waals surface area contributed by atoms with E-state index in [1.165, 1.54) is 46.4 Å². The molecule has 3 rings (SSSR count). The molecule has 0 radical (unpaired) electrons. The number of carbonyl (C=O) groups excluding carboxylic acids is 1. The van der Waals surface area contributed by atoms with Crippen LogP contribution < -0.4 is 9.03 Å². The fourth-order valence-electron chi connectivity index (χ4n) is 3.73. The highest BCUT2D eigenvalue weighted by molar-refractivity contribution is 7.90. The third kappa shape index (κ3) is 3.27. The molecule has 2 aliphatic rings. The van der Waals surface area contributed by atoms with E-state index >= 15 is 0 Å². The van der Waals surface area contributed by atoms with Crippen molar-refractivity contribution < 1.29 is 26.4 Å². The van der Waals surface area contributed by atoms with E-state index in [1.54, 1.807) is 13.0 Å². The van der Waals surface area contributed by atoms with Crippen molar-refractivity contribution in [1.29, 1.82) is 0 Å². The van der Waals surface area contributed by atoms with Crippen molar-refractivity contribution in [2.75, 3.05) is 43.8 Å². The standard InChI is InChI=1S/C18H26N4O6S2/c1-6-28-17(23)18-11-7-8-16(18)22(30(26,27)21(4)5)15-10-9-13(12-14(15)18)19-29(24,25)20(2)3/h8-10,12,19H,6-7,11H2,1-5H3. The van der Waals surface area contributed by atoms with Crippen LogP contribution in [-0.2, 0) is 35.4 Å². The van der Waals surface area contributed by atoms with Crippen molar-refractivity contribution in [2.45, 2.75) is 25.2 Å². The van der Waals surface area contributed by atoms with E-state index in [1.807, 2.05) is 0 Å². The average Bonchev–Trinajstić information content (AvgIpc) is 3.18. The lowest BCUT2D eigenvalue weighted by Crippen LogP contribution is -2.43. The minimum Gasteiger partial charge on any atom is -0.465 e. The number of anilines is 2. The van der Waals surface area contributed by atoms with Gasteiger partial charge in [0, 0.05) is 33.8 Å². The van der Waals surface area contributed by atoms with E-state index in [0.29, 0.717) is 29.8 Å². The van der Waals surface area contributed by atoms with E-state index in [2.05, 4.69) is 4.72 Å². The number of fused-ring (bicyclic) bond motifs is 3. The summed E-state index contributed by atoms with van der Waals surface area (Å²) in [6.45, 7) is 1.81. The number of ether oxygens (including phenoxy) is 1. The summed E-state index contributed by atoms with van der Waals surface area (Å²) < 4.78 is 61.7. The molecule has 1 heterocycles. The van der Waals surface area contributed by atoms with Gasteiger partial charge < -0.3 is 4.74 Å². The van der Waals surface area contributed by atoms with Gasteiger partial charge in [0.1, 0.15) is 5.41 Å². The normalized spacial score (nSPS) is 20.9. The molecule has 0 spiro atoms. The van der Waals surface area contributed by atoms with Gasteiger partial charge in [-0.2, -0.15) is 25.4 Å². The van der Waals surface area contributed by atoms with Gasteiger partial charge in [-0.25, -0.2) is 4.31 Å². The molecule has 0 saturated carbocycles. The zero-order valence-corrected chi connectivity index (χ0v) is 19.2. The highest BCUT2D eigenvalue weighted by Crippen LogP contribution is 2.56. The van der Waals surface area contributed by atoms with E-state index < -0.39 is 31.8 Å². The molecule has 1 atom stereocenters. The summed E-state index contributed by atoms with van der Waals surface area (Å²) in [6, 6.07) is 4.49. The molecule has 0 saturated heterocycles. The molecular formula is C18H26N4O6S2. The number of allylic oxidation sites excluding steroid dienone is 1. The van der Waals surface area contributed by atoms with E-state index in [0.717, 1.165) is 12.9 Å². The third-order valence-electron chi connectivity index (χ3n) is 5.23. The van der Waals surface area contributed by atoms with Crippen LogP contribution in [0.2, 0.25) is 0 Å². The minimum atomic E-state index is -3.95. The summed E-state index contributed by atoms with van der Waals surface area (Å²) in [6.07, 6.45) is 2.54. The Labute approximate surface area is 177 Å². The third-order valence-corrected chi connectivity index (χ3v) is 8.46. The molecule has 1 aromatic carbocycles. The lowest BCUT2D eigenvalue weighted by molar-refractivity contribution is -0.148.